The molecule has 2 unspecified atom stereocenters. The molecule has 3 nitrogen and oxygen atoms in total. The summed E-state index contributed by atoms with van der Waals surface area (Å²) in [5.74, 6) is 0. The smallest absolute Gasteiger partial charge is 0.0797 e. The van der Waals surface area contributed by atoms with Gasteiger partial charge in [0.25, 0.3) is 0 Å². The zero-order valence-corrected chi connectivity index (χ0v) is 7.93. The van der Waals surface area contributed by atoms with E-state index in [-0.39, 0.29) is 12.1 Å². The fourth-order valence-electron chi connectivity index (χ4n) is 1.94. The molecule has 72 valence electrons. The van der Waals surface area contributed by atoms with Crippen LogP contribution in [0.15, 0.2) is 0 Å². The van der Waals surface area contributed by atoms with E-state index in [1.807, 2.05) is 13.8 Å². The lowest BCUT2D eigenvalue weighted by molar-refractivity contribution is -0.00772. The Hall–Kier alpha value is -0.120. The van der Waals surface area contributed by atoms with Gasteiger partial charge < -0.3 is 15.5 Å². The highest BCUT2D eigenvalue weighted by Gasteiger charge is 2.46. The first-order chi connectivity index (χ1) is 5.52. The minimum Gasteiger partial charge on any atom is -0.395 e. The van der Waals surface area contributed by atoms with Crippen molar-refractivity contribution >= 4 is 0 Å². The van der Waals surface area contributed by atoms with Crippen molar-refractivity contribution in [1.82, 2.24) is 5.32 Å². The van der Waals surface area contributed by atoms with E-state index in [1.165, 1.54) is 0 Å². The third-order valence-corrected chi connectivity index (χ3v) is 3.16. The number of β-amino-alcohol motifs (C(OH)–C–C–N with tert-alkyl or cyclic N) is 1. The van der Waals surface area contributed by atoms with Gasteiger partial charge in [-0.3, -0.25) is 0 Å². The quantitative estimate of drug-likeness (QED) is 0.574. The van der Waals surface area contributed by atoms with Gasteiger partial charge >= 0.3 is 0 Å². The van der Waals surface area contributed by atoms with Crippen LogP contribution in [0.4, 0.5) is 0 Å². The maximum atomic E-state index is 10.00. The van der Waals surface area contributed by atoms with Gasteiger partial charge in [0, 0.05) is 12.1 Å². The van der Waals surface area contributed by atoms with Gasteiger partial charge in [-0.1, -0.05) is 0 Å². The first kappa shape index (κ1) is 9.96. The highest BCUT2D eigenvalue weighted by Crippen LogP contribution is 2.38. The summed E-state index contributed by atoms with van der Waals surface area (Å²) >= 11 is 0. The van der Waals surface area contributed by atoms with Gasteiger partial charge in [-0.15, -0.1) is 0 Å². The summed E-state index contributed by atoms with van der Waals surface area (Å²) in [6.45, 7) is 4.58. The molecule has 1 saturated carbocycles. The number of nitrogens with one attached hydrogen (secondary N) is 1. The molecular formula is C9H19NO2. The van der Waals surface area contributed by atoms with Crippen LogP contribution in [0.25, 0.3) is 0 Å². The highest BCUT2D eigenvalue weighted by atomic mass is 16.3. The minimum absolute atomic E-state index is 0.131. The summed E-state index contributed by atoms with van der Waals surface area (Å²) in [6, 6.07) is 0. The van der Waals surface area contributed by atoms with Crippen molar-refractivity contribution in [1.29, 1.82) is 0 Å². The Balaban J connectivity index is 2.56. The molecule has 1 aliphatic rings. The average molecular weight is 173 g/mol. The van der Waals surface area contributed by atoms with E-state index in [0.717, 1.165) is 19.3 Å². The van der Waals surface area contributed by atoms with Gasteiger partial charge in [-0.05, 0) is 33.1 Å². The van der Waals surface area contributed by atoms with Crippen LogP contribution in [0.5, 0.6) is 0 Å². The highest BCUT2D eigenvalue weighted by molar-refractivity contribution is 5.04. The molecule has 1 fully saturated rings. The molecule has 0 spiro atoms. The van der Waals surface area contributed by atoms with Crippen LogP contribution in [0, 0.1) is 0 Å². The summed E-state index contributed by atoms with van der Waals surface area (Å²) in [6.07, 6.45) is 2.89. The van der Waals surface area contributed by atoms with E-state index in [9.17, 15) is 5.11 Å². The molecule has 0 saturated heterocycles. The Bertz CT molecular complexity index is 159. The lowest BCUT2D eigenvalue weighted by Crippen LogP contribution is -2.56. The SMILES string of the molecule is CC1(O)CCCC1(C)NCCO. The minimum atomic E-state index is -0.623. The van der Waals surface area contributed by atoms with E-state index >= 15 is 0 Å². The van der Waals surface area contributed by atoms with Gasteiger partial charge in [-0.25, -0.2) is 0 Å². The molecule has 12 heavy (non-hydrogen) atoms. The summed E-state index contributed by atoms with van der Waals surface area (Å²) < 4.78 is 0. The van der Waals surface area contributed by atoms with Gasteiger partial charge in [0.05, 0.1) is 12.2 Å². The summed E-state index contributed by atoms with van der Waals surface area (Å²) in [5, 5.41) is 21.9. The molecule has 0 bridgehead atoms. The fourth-order valence-corrected chi connectivity index (χ4v) is 1.94. The first-order valence-electron chi connectivity index (χ1n) is 4.60. The van der Waals surface area contributed by atoms with Crippen molar-refractivity contribution in [2.24, 2.45) is 0 Å². The predicted octanol–water partition coefficient (Wildman–Crippen LogP) is 0.262. The van der Waals surface area contributed by atoms with Crippen molar-refractivity contribution < 1.29 is 10.2 Å². The maximum absolute atomic E-state index is 10.00. The molecule has 0 radical (unpaired) electrons. The molecule has 0 aromatic heterocycles. The van der Waals surface area contributed by atoms with E-state index in [1.54, 1.807) is 0 Å². The van der Waals surface area contributed by atoms with Crippen LogP contribution < -0.4 is 5.32 Å². The Morgan fingerprint density at radius 1 is 1.33 bits per heavy atom. The van der Waals surface area contributed by atoms with Gasteiger partial charge in [-0.2, -0.15) is 0 Å². The molecule has 0 aromatic carbocycles. The standard InChI is InChI=1S/C9H19NO2/c1-8(10-6-7-11)4-3-5-9(8,2)12/h10-12H,3-7H2,1-2H3. The Labute approximate surface area is 73.8 Å². The topological polar surface area (TPSA) is 52.5 Å². The number of hydrogen-bond donors (Lipinski definition) is 3. The summed E-state index contributed by atoms with van der Waals surface area (Å²) in [7, 11) is 0. The summed E-state index contributed by atoms with van der Waals surface area (Å²) in [4.78, 5) is 0. The van der Waals surface area contributed by atoms with Crippen LogP contribution in [0.1, 0.15) is 33.1 Å². The van der Waals surface area contributed by atoms with Gasteiger partial charge in [0.2, 0.25) is 0 Å². The van der Waals surface area contributed by atoms with E-state index in [4.69, 9.17) is 5.11 Å². The van der Waals surface area contributed by atoms with E-state index < -0.39 is 5.60 Å². The molecule has 1 rings (SSSR count). The van der Waals surface area contributed by atoms with Crippen LogP contribution in [-0.4, -0.2) is 34.5 Å². The second-order valence-corrected chi connectivity index (χ2v) is 4.11. The van der Waals surface area contributed by atoms with Gasteiger partial charge in [0.15, 0.2) is 0 Å². The molecule has 1 aliphatic carbocycles. The Morgan fingerprint density at radius 2 is 2.00 bits per heavy atom. The van der Waals surface area contributed by atoms with Crippen molar-refractivity contribution in [2.75, 3.05) is 13.2 Å². The number of aliphatic hydroxyl groups excluding tert-OH is 1. The fraction of sp³-hybridized carbons (Fsp3) is 1.00. The second-order valence-electron chi connectivity index (χ2n) is 4.11. The molecule has 2 atom stereocenters. The van der Waals surface area contributed by atoms with Crippen molar-refractivity contribution in [2.45, 2.75) is 44.2 Å². The lowest BCUT2D eigenvalue weighted by atomic mass is 9.86. The normalized spacial score (nSPS) is 42.0. The number of rotatable bonds is 3. The summed E-state index contributed by atoms with van der Waals surface area (Å²) in [5.41, 5.74) is -0.835. The van der Waals surface area contributed by atoms with Crippen molar-refractivity contribution in [3.63, 3.8) is 0 Å². The molecule has 0 heterocycles. The Morgan fingerprint density at radius 3 is 2.42 bits per heavy atom. The largest absolute Gasteiger partial charge is 0.395 e. The molecule has 0 aromatic rings. The van der Waals surface area contributed by atoms with Gasteiger partial charge in [0.1, 0.15) is 0 Å². The van der Waals surface area contributed by atoms with Crippen LogP contribution in [0.2, 0.25) is 0 Å². The van der Waals surface area contributed by atoms with Crippen LogP contribution >= 0.6 is 0 Å². The maximum Gasteiger partial charge on any atom is 0.0797 e. The monoisotopic (exact) mass is 173 g/mol. The molecule has 0 amide bonds. The zero-order valence-electron chi connectivity index (χ0n) is 7.93. The van der Waals surface area contributed by atoms with E-state index in [0.29, 0.717) is 6.54 Å². The molecule has 3 N–H and O–H groups in total. The average Bonchev–Trinajstić information content (AvgIpc) is 2.24. The van der Waals surface area contributed by atoms with Crippen molar-refractivity contribution in [3.05, 3.63) is 0 Å². The Kier molecular flexibility index (Phi) is 2.76. The molecule has 3 heteroatoms. The van der Waals surface area contributed by atoms with Crippen molar-refractivity contribution in [3.8, 4) is 0 Å². The molecular weight excluding hydrogens is 154 g/mol. The van der Waals surface area contributed by atoms with Crippen LogP contribution in [0.3, 0.4) is 0 Å². The zero-order chi connectivity index (χ0) is 9.24. The predicted molar refractivity (Wildman–Crippen MR) is 48.0 cm³/mol. The molecule has 0 aliphatic heterocycles. The first-order valence-corrected chi connectivity index (χ1v) is 4.60. The van der Waals surface area contributed by atoms with Crippen LogP contribution in [-0.2, 0) is 0 Å². The third-order valence-electron chi connectivity index (χ3n) is 3.16. The van der Waals surface area contributed by atoms with E-state index in [2.05, 4.69) is 5.32 Å². The lowest BCUT2D eigenvalue weighted by Gasteiger charge is -2.37. The number of aliphatic hydroxyl groups is 2. The number of hydrogen-bond acceptors (Lipinski definition) is 3. The third kappa shape index (κ3) is 1.63. The second kappa shape index (κ2) is 3.32.